The van der Waals surface area contributed by atoms with Crippen LogP contribution in [0.15, 0.2) is 36.7 Å². The van der Waals surface area contributed by atoms with E-state index >= 15 is 0 Å². The number of aliphatic hydroxyl groups is 1. The average Bonchev–Trinajstić information content (AvgIpc) is 2.04. The van der Waals surface area contributed by atoms with Crippen LogP contribution in [0.25, 0.3) is 0 Å². The fourth-order valence-corrected chi connectivity index (χ4v) is 1.27. The van der Waals surface area contributed by atoms with Gasteiger partial charge in [0.05, 0.1) is 6.10 Å². The highest BCUT2D eigenvalue weighted by atomic mass is 16.3. The van der Waals surface area contributed by atoms with Crippen LogP contribution in [0.1, 0.15) is 18.9 Å². The molecule has 0 saturated carbocycles. The van der Waals surface area contributed by atoms with E-state index < -0.39 is 0 Å². The molecule has 0 aliphatic heterocycles. The minimum absolute atomic E-state index is 0.332. The number of hydrogen-bond acceptors (Lipinski definition) is 2. The summed E-state index contributed by atoms with van der Waals surface area (Å²) in [5.41, 5.74) is 2.08. The smallest absolute Gasteiger partial charge is 0.0617 e. The highest BCUT2D eigenvalue weighted by Gasteiger charge is 2.04. The second-order valence-electron chi connectivity index (χ2n) is 3.38. The van der Waals surface area contributed by atoms with Crippen molar-refractivity contribution in [1.29, 1.82) is 0 Å². The van der Waals surface area contributed by atoms with Gasteiger partial charge in [0.25, 0.3) is 0 Å². The number of pyridine rings is 1. The molecule has 0 spiro atoms. The topological polar surface area (TPSA) is 33.1 Å². The van der Waals surface area contributed by atoms with E-state index in [9.17, 15) is 5.11 Å². The molecule has 70 valence electrons. The molecule has 1 aromatic heterocycles. The molecule has 1 heterocycles. The Labute approximate surface area is 78.9 Å². The Bertz CT molecular complexity index is 269. The van der Waals surface area contributed by atoms with E-state index in [4.69, 9.17) is 0 Å². The first-order valence-electron chi connectivity index (χ1n) is 4.40. The maximum Gasteiger partial charge on any atom is 0.0617 e. The summed E-state index contributed by atoms with van der Waals surface area (Å²) in [5, 5.41) is 9.58. The predicted octanol–water partition coefficient (Wildman–Crippen LogP) is 1.95. The molecule has 1 unspecified atom stereocenters. The van der Waals surface area contributed by atoms with Crippen molar-refractivity contribution >= 4 is 0 Å². The van der Waals surface area contributed by atoms with Crippen LogP contribution in [0.3, 0.4) is 0 Å². The average molecular weight is 177 g/mol. The lowest BCUT2D eigenvalue weighted by atomic mass is 10.0. The molecule has 0 aliphatic carbocycles. The summed E-state index contributed by atoms with van der Waals surface area (Å²) in [7, 11) is 0. The summed E-state index contributed by atoms with van der Waals surface area (Å²) in [6.07, 6.45) is 4.49. The van der Waals surface area contributed by atoms with Crippen molar-refractivity contribution in [2.24, 2.45) is 0 Å². The van der Waals surface area contributed by atoms with Gasteiger partial charge in [-0.25, -0.2) is 0 Å². The van der Waals surface area contributed by atoms with E-state index in [-0.39, 0.29) is 6.10 Å². The van der Waals surface area contributed by atoms with Crippen LogP contribution in [0.4, 0.5) is 0 Å². The van der Waals surface area contributed by atoms with Crippen molar-refractivity contribution in [2.45, 2.75) is 25.9 Å². The van der Waals surface area contributed by atoms with Gasteiger partial charge < -0.3 is 5.11 Å². The first-order chi connectivity index (χ1) is 6.18. The summed E-state index contributed by atoms with van der Waals surface area (Å²) in [6.45, 7) is 5.68. The molecule has 0 bridgehead atoms. The quantitative estimate of drug-likeness (QED) is 0.713. The number of hydrogen-bond donors (Lipinski definition) is 1. The molecule has 0 aliphatic rings. The van der Waals surface area contributed by atoms with Gasteiger partial charge in [0.15, 0.2) is 0 Å². The lowest BCUT2D eigenvalue weighted by molar-refractivity contribution is 0.175. The number of nitrogens with zero attached hydrogens (tertiary/aromatic N) is 1. The van der Waals surface area contributed by atoms with Crippen LogP contribution in [0.5, 0.6) is 0 Å². The Morgan fingerprint density at radius 2 is 2.46 bits per heavy atom. The van der Waals surface area contributed by atoms with E-state index in [1.807, 2.05) is 19.1 Å². The summed E-state index contributed by atoms with van der Waals surface area (Å²) >= 11 is 0. The van der Waals surface area contributed by atoms with Crippen LogP contribution in [0.2, 0.25) is 0 Å². The molecule has 0 saturated heterocycles. The summed E-state index contributed by atoms with van der Waals surface area (Å²) in [6, 6.07) is 3.84. The maximum atomic E-state index is 9.58. The van der Waals surface area contributed by atoms with Crippen LogP contribution < -0.4 is 0 Å². The minimum atomic E-state index is -0.332. The molecule has 1 atom stereocenters. The monoisotopic (exact) mass is 177 g/mol. The Balaban J connectivity index is 2.45. The Morgan fingerprint density at radius 1 is 1.69 bits per heavy atom. The van der Waals surface area contributed by atoms with Gasteiger partial charge in [0, 0.05) is 18.8 Å². The number of aliphatic hydroxyl groups excluding tert-OH is 1. The zero-order chi connectivity index (χ0) is 9.68. The number of rotatable bonds is 4. The van der Waals surface area contributed by atoms with Gasteiger partial charge in [0.2, 0.25) is 0 Å². The Morgan fingerprint density at radius 3 is 3.00 bits per heavy atom. The van der Waals surface area contributed by atoms with Gasteiger partial charge in [-0.3, -0.25) is 4.98 Å². The molecule has 0 fully saturated rings. The molecule has 0 amide bonds. The molecule has 1 rings (SSSR count). The SMILES string of the molecule is C=C(C)CC(O)Cc1cccnc1. The highest BCUT2D eigenvalue weighted by molar-refractivity contribution is 5.10. The molecule has 0 radical (unpaired) electrons. The third-order valence-corrected chi connectivity index (χ3v) is 1.78. The summed E-state index contributed by atoms with van der Waals surface area (Å²) < 4.78 is 0. The van der Waals surface area contributed by atoms with E-state index in [0.29, 0.717) is 12.8 Å². The molecule has 0 aromatic carbocycles. The second kappa shape index (κ2) is 4.77. The fourth-order valence-electron chi connectivity index (χ4n) is 1.27. The van der Waals surface area contributed by atoms with Gasteiger partial charge >= 0.3 is 0 Å². The van der Waals surface area contributed by atoms with Crippen molar-refractivity contribution in [3.8, 4) is 0 Å². The normalized spacial score (nSPS) is 12.5. The van der Waals surface area contributed by atoms with Crippen LogP contribution in [0, 0.1) is 0 Å². The molecule has 1 aromatic rings. The fraction of sp³-hybridized carbons (Fsp3) is 0.364. The lowest BCUT2D eigenvalue weighted by Gasteiger charge is -2.09. The predicted molar refractivity (Wildman–Crippen MR) is 53.4 cm³/mol. The molecular weight excluding hydrogens is 162 g/mol. The van der Waals surface area contributed by atoms with Crippen LogP contribution in [-0.4, -0.2) is 16.2 Å². The van der Waals surface area contributed by atoms with Gasteiger partial charge in [-0.15, -0.1) is 6.58 Å². The van der Waals surface area contributed by atoms with E-state index in [1.54, 1.807) is 12.4 Å². The molecule has 2 heteroatoms. The first-order valence-corrected chi connectivity index (χ1v) is 4.40. The van der Waals surface area contributed by atoms with Crippen molar-refractivity contribution in [2.75, 3.05) is 0 Å². The molecule has 1 N–H and O–H groups in total. The van der Waals surface area contributed by atoms with Crippen molar-refractivity contribution < 1.29 is 5.11 Å². The second-order valence-corrected chi connectivity index (χ2v) is 3.38. The Hall–Kier alpha value is -1.15. The Kier molecular flexibility index (Phi) is 3.65. The maximum absolute atomic E-state index is 9.58. The van der Waals surface area contributed by atoms with E-state index in [2.05, 4.69) is 11.6 Å². The minimum Gasteiger partial charge on any atom is -0.392 e. The van der Waals surface area contributed by atoms with Crippen molar-refractivity contribution in [3.63, 3.8) is 0 Å². The lowest BCUT2D eigenvalue weighted by Crippen LogP contribution is -2.10. The molecular formula is C11H15NO. The van der Waals surface area contributed by atoms with Crippen molar-refractivity contribution in [3.05, 3.63) is 42.2 Å². The van der Waals surface area contributed by atoms with Crippen LogP contribution in [-0.2, 0) is 6.42 Å². The zero-order valence-corrected chi connectivity index (χ0v) is 7.90. The summed E-state index contributed by atoms with van der Waals surface area (Å²) in [5.74, 6) is 0. The van der Waals surface area contributed by atoms with Crippen LogP contribution >= 0.6 is 0 Å². The van der Waals surface area contributed by atoms with Gasteiger partial charge in [-0.1, -0.05) is 11.6 Å². The largest absolute Gasteiger partial charge is 0.392 e. The van der Waals surface area contributed by atoms with Gasteiger partial charge in [-0.05, 0) is 25.0 Å². The van der Waals surface area contributed by atoms with Crippen molar-refractivity contribution in [1.82, 2.24) is 4.98 Å². The number of aromatic nitrogens is 1. The third kappa shape index (κ3) is 3.85. The molecule has 2 nitrogen and oxygen atoms in total. The van der Waals surface area contributed by atoms with E-state index in [0.717, 1.165) is 11.1 Å². The van der Waals surface area contributed by atoms with Gasteiger partial charge in [-0.2, -0.15) is 0 Å². The zero-order valence-electron chi connectivity index (χ0n) is 7.90. The van der Waals surface area contributed by atoms with E-state index in [1.165, 1.54) is 0 Å². The van der Waals surface area contributed by atoms with Gasteiger partial charge in [0.1, 0.15) is 0 Å². The summed E-state index contributed by atoms with van der Waals surface area (Å²) in [4.78, 5) is 3.98. The highest BCUT2D eigenvalue weighted by Crippen LogP contribution is 2.08. The first kappa shape index (κ1) is 9.93. The molecule has 13 heavy (non-hydrogen) atoms. The third-order valence-electron chi connectivity index (χ3n) is 1.78. The standard InChI is InChI=1S/C11H15NO/c1-9(2)6-11(13)7-10-4-3-5-12-8-10/h3-5,8,11,13H,1,6-7H2,2H3.